The molecule has 1 fully saturated rings. The number of hydrogen-bond acceptors (Lipinski definition) is 4. The van der Waals surface area contributed by atoms with Gasteiger partial charge in [-0.2, -0.15) is 0 Å². The van der Waals surface area contributed by atoms with Crippen LogP contribution in [0.25, 0.3) is 0 Å². The molecule has 1 saturated carbocycles. The maximum atomic E-state index is 12.6. The Balaban J connectivity index is 1.65. The first-order valence-electron chi connectivity index (χ1n) is 8.04. The maximum Gasteiger partial charge on any atom is 0.207 e. The van der Waals surface area contributed by atoms with E-state index in [9.17, 15) is 4.79 Å². The quantitative estimate of drug-likeness (QED) is 0.780. The van der Waals surface area contributed by atoms with Crippen molar-refractivity contribution < 1.29 is 19.0 Å². The van der Waals surface area contributed by atoms with Gasteiger partial charge in [0, 0.05) is 6.42 Å². The molecule has 122 valence electrons. The Bertz CT molecular complexity index is 602. The van der Waals surface area contributed by atoms with Gasteiger partial charge in [-0.3, -0.25) is 4.79 Å². The van der Waals surface area contributed by atoms with E-state index in [0.29, 0.717) is 18.1 Å². The zero-order valence-corrected chi connectivity index (χ0v) is 13.4. The second-order valence-corrected chi connectivity index (χ2v) is 6.10. The van der Waals surface area contributed by atoms with Gasteiger partial charge >= 0.3 is 0 Å². The van der Waals surface area contributed by atoms with Crippen LogP contribution in [0.3, 0.4) is 0 Å². The van der Waals surface area contributed by atoms with E-state index in [-0.39, 0.29) is 23.9 Å². The fourth-order valence-corrected chi connectivity index (χ4v) is 3.10. The Morgan fingerprint density at radius 2 is 2.09 bits per heavy atom. The summed E-state index contributed by atoms with van der Waals surface area (Å²) < 4.78 is 17.2. The van der Waals surface area contributed by atoms with E-state index in [0.717, 1.165) is 24.8 Å². The predicted molar refractivity (Wildman–Crippen MR) is 87.0 cm³/mol. The Morgan fingerprint density at radius 1 is 1.30 bits per heavy atom. The second kappa shape index (κ2) is 7.01. The summed E-state index contributed by atoms with van der Waals surface area (Å²) >= 11 is 0. The van der Waals surface area contributed by atoms with Crippen molar-refractivity contribution in [2.45, 2.75) is 38.4 Å². The van der Waals surface area contributed by atoms with Crippen LogP contribution < -0.4 is 4.74 Å². The van der Waals surface area contributed by atoms with Crippen molar-refractivity contribution in [2.75, 3.05) is 6.61 Å². The molecule has 3 rings (SSSR count). The summed E-state index contributed by atoms with van der Waals surface area (Å²) in [7, 11) is 0. The van der Waals surface area contributed by atoms with Gasteiger partial charge < -0.3 is 14.2 Å². The average molecular weight is 314 g/mol. The van der Waals surface area contributed by atoms with Gasteiger partial charge in [-0.05, 0) is 31.9 Å². The smallest absolute Gasteiger partial charge is 0.207 e. The number of ketones is 1. The van der Waals surface area contributed by atoms with E-state index in [1.807, 2.05) is 31.2 Å². The first kappa shape index (κ1) is 15.8. The highest BCUT2D eigenvalue weighted by molar-refractivity contribution is 5.96. The van der Waals surface area contributed by atoms with Gasteiger partial charge in [0.2, 0.25) is 11.5 Å². The van der Waals surface area contributed by atoms with E-state index >= 15 is 0 Å². The zero-order chi connectivity index (χ0) is 16.2. The van der Waals surface area contributed by atoms with Crippen LogP contribution in [-0.2, 0) is 14.3 Å². The Kier molecular flexibility index (Phi) is 4.82. The van der Waals surface area contributed by atoms with Gasteiger partial charge in [0.05, 0.1) is 18.6 Å². The molecule has 1 heterocycles. The third kappa shape index (κ3) is 3.64. The minimum absolute atomic E-state index is 0.0315. The van der Waals surface area contributed by atoms with Crippen LogP contribution in [0.4, 0.5) is 0 Å². The highest BCUT2D eigenvalue weighted by Crippen LogP contribution is 2.35. The van der Waals surface area contributed by atoms with E-state index in [1.54, 1.807) is 6.08 Å². The molecule has 2 aliphatic rings. The molecule has 0 aromatic heterocycles. The molecule has 0 saturated heterocycles. The maximum absolute atomic E-state index is 12.6. The van der Waals surface area contributed by atoms with E-state index in [2.05, 4.69) is 6.58 Å². The number of fused-ring (bicyclic) bond motifs is 1. The Morgan fingerprint density at radius 3 is 2.83 bits per heavy atom. The molecule has 1 aromatic rings. The summed E-state index contributed by atoms with van der Waals surface area (Å²) in [4.78, 5) is 12.6. The predicted octanol–water partition coefficient (Wildman–Crippen LogP) is 3.55. The lowest BCUT2D eigenvalue weighted by molar-refractivity contribution is -0.133. The number of carbonyl (C=O) groups excluding carboxylic acids is 1. The normalized spacial score (nSPS) is 26.7. The van der Waals surface area contributed by atoms with E-state index in [1.165, 1.54) is 6.26 Å². The van der Waals surface area contributed by atoms with Crippen LogP contribution in [0.2, 0.25) is 0 Å². The highest BCUT2D eigenvalue weighted by Gasteiger charge is 2.41. The molecule has 1 aliphatic carbocycles. The topological polar surface area (TPSA) is 44.8 Å². The number of hydrogen-bond donors (Lipinski definition) is 0. The van der Waals surface area contributed by atoms with Crippen LogP contribution in [0, 0.1) is 12.8 Å². The lowest BCUT2D eigenvalue weighted by Crippen LogP contribution is -2.42. The van der Waals surface area contributed by atoms with E-state index in [4.69, 9.17) is 14.2 Å². The highest BCUT2D eigenvalue weighted by atomic mass is 16.5. The number of Topliss-reactive ketones (excluding diaryl/α,β-unsaturated/α-hetero) is 1. The minimum Gasteiger partial charge on any atom is -0.493 e. The number of ether oxygens (including phenoxy) is 3. The van der Waals surface area contributed by atoms with Gasteiger partial charge in [0.25, 0.3) is 0 Å². The van der Waals surface area contributed by atoms with Crippen LogP contribution in [-0.4, -0.2) is 24.6 Å². The molecule has 3 unspecified atom stereocenters. The first-order valence-corrected chi connectivity index (χ1v) is 8.04. The standard InChI is InChI=1S/C19H22O4/c1-3-10-21-15-8-9-16-17(11-15)22-12-18(19(16)20)23-14-6-4-13(2)5-7-14/h3-7,12,15-17H,1,8-11H2,2H3. The average Bonchev–Trinajstić information content (AvgIpc) is 2.57. The number of rotatable bonds is 5. The molecule has 4 nitrogen and oxygen atoms in total. The minimum atomic E-state index is -0.135. The molecule has 1 aliphatic heterocycles. The van der Waals surface area contributed by atoms with Crippen molar-refractivity contribution in [3.05, 3.63) is 54.5 Å². The summed E-state index contributed by atoms with van der Waals surface area (Å²) in [5.41, 5.74) is 1.15. The molecule has 3 atom stereocenters. The van der Waals surface area contributed by atoms with Gasteiger partial charge in [0.15, 0.2) is 0 Å². The molecule has 1 aromatic carbocycles. The molecule has 4 heteroatoms. The van der Waals surface area contributed by atoms with Crippen LogP contribution in [0.5, 0.6) is 5.75 Å². The van der Waals surface area contributed by atoms with Crippen molar-refractivity contribution in [1.29, 1.82) is 0 Å². The lowest BCUT2D eigenvalue weighted by Gasteiger charge is -2.37. The number of aryl methyl sites for hydroxylation is 1. The fourth-order valence-electron chi connectivity index (χ4n) is 3.10. The van der Waals surface area contributed by atoms with Crippen LogP contribution >= 0.6 is 0 Å². The number of benzene rings is 1. The molecular weight excluding hydrogens is 292 g/mol. The van der Waals surface area contributed by atoms with Crippen molar-refractivity contribution in [3.63, 3.8) is 0 Å². The molecule has 0 N–H and O–H groups in total. The summed E-state index contributed by atoms with van der Waals surface area (Å²) in [6.07, 6.45) is 5.58. The summed E-state index contributed by atoms with van der Waals surface area (Å²) in [5, 5.41) is 0. The Labute approximate surface area is 136 Å². The third-order valence-corrected chi connectivity index (χ3v) is 4.37. The second-order valence-electron chi connectivity index (χ2n) is 6.10. The van der Waals surface area contributed by atoms with E-state index < -0.39 is 0 Å². The van der Waals surface area contributed by atoms with Crippen molar-refractivity contribution in [2.24, 2.45) is 5.92 Å². The molecule has 0 spiro atoms. The SMILES string of the molecule is C=CCOC1CCC2C(=O)C(Oc3ccc(C)cc3)=COC2C1. The summed E-state index contributed by atoms with van der Waals surface area (Å²) in [6, 6.07) is 7.62. The van der Waals surface area contributed by atoms with Crippen LogP contribution in [0.1, 0.15) is 24.8 Å². The van der Waals surface area contributed by atoms with Gasteiger partial charge in [-0.1, -0.05) is 23.8 Å². The molecule has 0 amide bonds. The monoisotopic (exact) mass is 314 g/mol. The Hall–Kier alpha value is -2.07. The van der Waals surface area contributed by atoms with Gasteiger partial charge in [-0.15, -0.1) is 6.58 Å². The third-order valence-electron chi connectivity index (χ3n) is 4.37. The van der Waals surface area contributed by atoms with Crippen molar-refractivity contribution in [3.8, 4) is 5.75 Å². The molecule has 0 radical (unpaired) electrons. The number of allylic oxidation sites excluding steroid dienone is 1. The molecule has 23 heavy (non-hydrogen) atoms. The zero-order valence-electron chi connectivity index (χ0n) is 13.4. The molecular formula is C19H22O4. The summed E-state index contributed by atoms with van der Waals surface area (Å²) in [6.45, 7) is 6.20. The largest absolute Gasteiger partial charge is 0.493 e. The summed E-state index contributed by atoms with van der Waals surface area (Å²) in [5.74, 6) is 0.842. The van der Waals surface area contributed by atoms with Crippen LogP contribution in [0.15, 0.2) is 48.9 Å². The lowest BCUT2D eigenvalue weighted by atomic mass is 9.80. The number of carbonyl (C=O) groups is 1. The fraction of sp³-hybridized carbons (Fsp3) is 0.421. The first-order chi connectivity index (χ1) is 11.2. The molecule has 0 bridgehead atoms. The van der Waals surface area contributed by atoms with Gasteiger partial charge in [0.1, 0.15) is 18.1 Å². The van der Waals surface area contributed by atoms with Crippen molar-refractivity contribution in [1.82, 2.24) is 0 Å². The van der Waals surface area contributed by atoms with Gasteiger partial charge in [-0.25, -0.2) is 0 Å². The van der Waals surface area contributed by atoms with Crippen molar-refractivity contribution >= 4 is 5.78 Å².